The number of carbonyl (C=O) groups excluding carboxylic acids is 1. The van der Waals surface area contributed by atoms with E-state index in [-0.39, 0.29) is 11.9 Å². The summed E-state index contributed by atoms with van der Waals surface area (Å²) in [4.78, 5) is 11.6. The summed E-state index contributed by atoms with van der Waals surface area (Å²) in [6.07, 6.45) is 0.754. The molecule has 2 atom stereocenters. The van der Waals surface area contributed by atoms with Crippen LogP contribution in [0.1, 0.15) is 25.8 Å². The van der Waals surface area contributed by atoms with Crippen molar-refractivity contribution in [1.82, 2.24) is 0 Å². The van der Waals surface area contributed by atoms with Gasteiger partial charge in [-0.3, -0.25) is 4.79 Å². The normalized spacial score (nSPS) is 27.4. The Hall–Kier alpha value is -1.83. The van der Waals surface area contributed by atoms with Gasteiger partial charge in [0.05, 0.1) is 5.92 Å². The molecule has 92 valence electrons. The highest BCUT2D eigenvalue weighted by Gasteiger charge is 2.42. The molecule has 0 N–H and O–H groups in total. The number of benzene rings is 2. The molecule has 0 amide bonds. The van der Waals surface area contributed by atoms with Crippen LogP contribution in [0.4, 0.5) is 0 Å². The van der Waals surface area contributed by atoms with Crippen molar-refractivity contribution in [1.29, 1.82) is 0 Å². The lowest BCUT2D eigenvalue weighted by atomic mass is 9.88. The molecule has 3 rings (SSSR count). The van der Waals surface area contributed by atoms with Gasteiger partial charge in [0.1, 0.15) is 5.60 Å². The lowest BCUT2D eigenvalue weighted by Crippen LogP contribution is -2.20. The second-order valence-corrected chi connectivity index (χ2v) is 5.32. The number of cyclic esters (lactones) is 1. The van der Waals surface area contributed by atoms with E-state index in [9.17, 15) is 4.79 Å². The minimum absolute atomic E-state index is 0.0125. The molecule has 0 saturated carbocycles. The highest BCUT2D eigenvalue weighted by Crippen LogP contribution is 2.40. The van der Waals surface area contributed by atoms with E-state index < -0.39 is 5.60 Å². The van der Waals surface area contributed by atoms with Crippen LogP contribution < -0.4 is 0 Å². The molecule has 1 fully saturated rings. The van der Waals surface area contributed by atoms with Crippen molar-refractivity contribution in [3.63, 3.8) is 0 Å². The number of fused-ring (bicyclic) bond motifs is 1. The molecule has 1 heterocycles. The van der Waals surface area contributed by atoms with Gasteiger partial charge in [-0.05, 0) is 29.3 Å². The largest absolute Gasteiger partial charge is 0.454 e. The first-order valence-electron chi connectivity index (χ1n) is 6.31. The summed E-state index contributed by atoms with van der Waals surface area (Å²) in [7, 11) is 0. The predicted molar refractivity (Wildman–Crippen MR) is 71.2 cm³/mol. The molecule has 1 aliphatic rings. The van der Waals surface area contributed by atoms with E-state index in [1.165, 1.54) is 10.8 Å². The molecule has 2 nitrogen and oxygen atoms in total. The minimum Gasteiger partial charge on any atom is -0.454 e. The van der Waals surface area contributed by atoms with Crippen LogP contribution >= 0.6 is 0 Å². The van der Waals surface area contributed by atoms with Gasteiger partial charge in [0.25, 0.3) is 0 Å². The highest BCUT2D eigenvalue weighted by molar-refractivity contribution is 5.83. The summed E-state index contributed by atoms with van der Waals surface area (Å²) in [5, 5.41) is 2.40. The number of hydrogen-bond donors (Lipinski definition) is 0. The first kappa shape index (κ1) is 11.3. The van der Waals surface area contributed by atoms with Gasteiger partial charge in [-0.25, -0.2) is 0 Å². The van der Waals surface area contributed by atoms with Crippen LogP contribution in [0.3, 0.4) is 0 Å². The number of hydrogen-bond acceptors (Lipinski definition) is 2. The summed E-state index contributed by atoms with van der Waals surface area (Å²) in [6, 6.07) is 14.5. The average molecular weight is 240 g/mol. The zero-order chi connectivity index (χ0) is 12.8. The molecule has 0 bridgehead atoms. The molecule has 0 spiro atoms. The third-order valence-electron chi connectivity index (χ3n) is 3.78. The van der Waals surface area contributed by atoms with Gasteiger partial charge in [0.2, 0.25) is 0 Å². The van der Waals surface area contributed by atoms with Crippen molar-refractivity contribution in [2.24, 2.45) is 5.92 Å². The quantitative estimate of drug-likeness (QED) is 0.711. The van der Waals surface area contributed by atoms with Gasteiger partial charge >= 0.3 is 5.97 Å². The van der Waals surface area contributed by atoms with E-state index in [2.05, 4.69) is 30.3 Å². The fourth-order valence-corrected chi connectivity index (χ4v) is 2.73. The van der Waals surface area contributed by atoms with Crippen molar-refractivity contribution in [3.05, 3.63) is 48.0 Å². The van der Waals surface area contributed by atoms with Crippen molar-refractivity contribution in [2.45, 2.75) is 25.9 Å². The molecule has 0 radical (unpaired) electrons. The molecular weight excluding hydrogens is 224 g/mol. The Morgan fingerprint density at radius 2 is 1.89 bits per heavy atom. The second-order valence-electron chi connectivity index (χ2n) is 5.32. The summed E-state index contributed by atoms with van der Waals surface area (Å²) in [5.41, 5.74) is 0.611. The Morgan fingerprint density at radius 1 is 1.17 bits per heavy atom. The first-order chi connectivity index (χ1) is 8.58. The van der Waals surface area contributed by atoms with E-state index in [0.717, 1.165) is 12.0 Å². The van der Waals surface area contributed by atoms with Crippen LogP contribution in [0.5, 0.6) is 0 Å². The fraction of sp³-hybridized carbons (Fsp3) is 0.312. The van der Waals surface area contributed by atoms with Crippen LogP contribution in [-0.4, -0.2) is 5.97 Å². The molecule has 0 unspecified atom stereocenters. The summed E-state index contributed by atoms with van der Waals surface area (Å²) in [5.74, 6) is -0.105. The van der Waals surface area contributed by atoms with Crippen molar-refractivity contribution < 1.29 is 9.53 Å². The zero-order valence-corrected chi connectivity index (χ0v) is 10.6. The van der Waals surface area contributed by atoms with E-state index in [0.29, 0.717) is 0 Å². The monoisotopic (exact) mass is 240 g/mol. The maximum atomic E-state index is 11.6. The van der Waals surface area contributed by atoms with E-state index in [1.807, 2.05) is 26.0 Å². The van der Waals surface area contributed by atoms with Crippen LogP contribution in [0.25, 0.3) is 10.8 Å². The summed E-state index contributed by atoms with van der Waals surface area (Å²) >= 11 is 0. The van der Waals surface area contributed by atoms with Gasteiger partial charge in [0, 0.05) is 6.42 Å². The molecule has 2 heteroatoms. The zero-order valence-electron chi connectivity index (χ0n) is 10.6. The van der Waals surface area contributed by atoms with Crippen molar-refractivity contribution in [2.75, 3.05) is 0 Å². The number of ether oxygens (including phenoxy) is 1. The number of rotatable bonds is 1. The number of esters is 1. The van der Waals surface area contributed by atoms with Crippen LogP contribution in [-0.2, 0) is 15.1 Å². The Kier molecular flexibility index (Phi) is 2.40. The van der Waals surface area contributed by atoms with Gasteiger partial charge < -0.3 is 4.74 Å². The Balaban J connectivity index is 2.07. The van der Waals surface area contributed by atoms with Crippen LogP contribution in [0.15, 0.2) is 42.5 Å². The fourth-order valence-electron chi connectivity index (χ4n) is 2.73. The highest BCUT2D eigenvalue weighted by atomic mass is 16.6. The van der Waals surface area contributed by atoms with Gasteiger partial charge in [0.15, 0.2) is 0 Å². The minimum atomic E-state index is -0.472. The van der Waals surface area contributed by atoms with Crippen molar-refractivity contribution >= 4 is 16.7 Å². The van der Waals surface area contributed by atoms with Gasteiger partial charge in [-0.2, -0.15) is 0 Å². The molecular formula is C16H16O2. The standard InChI is InChI=1S/C16H16O2/c1-11-10-16(2,18-15(11)17)14-8-7-12-5-3-4-6-13(12)9-14/h3-9,11H,10H2,1-2H3/t11-,16+/m1/s1. The second kappa shape index (κ2) is 3.84. The summed E-state index contributed by atoms with van der Waals surface area (Å²) < 4.78 is 5.56. The lowest BCUT2D eigenvalue weighted by molar-refractivity contribution is -0.149. The Labute approximate surface area is 107 Å². The Bertz CT molecular complexity index is 617. The third kappa shape index (κ3) is 1.69. The van der Waals surface area contributed by atoms with E-state index >= 15 is 0 Å². The van der Waals surface area contributed by atoms with Crippen LogP contribution in [0.2, 0.25) is 0 Å². The van der Waals surface area contributed by atoms with E-state index in [1.54, 1.807) is 0 Å². The topological polar surface area (TPSA) is 26.3 Å². The van der Waals surface area contributed by atoms with Crippen LogP contribution in [0, 0.1) is 5.92 Å². The van der Waals surface area contributed by atoms with Gasteiger partial charge in [-0.1, -0.05) is 43.3 Å². The maximum Gasteiger partial charge on any atom is 0.309 e. The molecule has 18 heavy (non-hydrogen) atoms. The SMILES string of the molecule is C[C@@H]1C[C@@](C)(c2ccc3ccccc3c2)OC1=O. The average Bonchev–Trinajstić information content (AvgIpc) is 2.64. The molecule has 2 aromatic rings. The van der Waals surface area contributed by atoms with Crippen molar-refractivity contribution in [3.8, 4) is 0 Å². The molecule has 0 aromatic heterocycles. The van der Waals surface area contributed by atoms with Gasteiger partial charge in [-0.15, -0.1) is 0 Å². The molecule has 1 aliphatic heterocycles. The molecule has 1 saturated heterocycles. The molecule has 2 aromatic carbocycles. The smallest absolute Gasteiger partial charge is 0.309 e. The number of carbonyl (C=O) groups is 1. The summed E-state index contributed by atoms with van der Waals surface area (Å²) in [6.45, 7) is 3.92. The maximum absolute atomic E-state index is 11.6. The molecule has 0 aliphatic carbocycles. The lowest BCUT2D eigenvalue weighted by Gasteiger charge is -2.23. The Morgan fingerprint density at radius 3 is 2.56 bits per heavy atom. The predicted octanol–water partition coefficient (Wildman–Crippen LogP) is 3.64. The van der Waals surface area contributed by atoms with E-state index in [4.69, 9.17) is 4.74 Å². The first-order valence-corrected chi connectivity index (χ1v) is 6.31. The third-order valence-corrected chi connectivity index (χ3v) is 3.78.